The molecule has 0 bridgehead atoms. The van der Waals surface area contributed by atoms with Gasteiger partial charge in [-0.05, 0) is 60.0 Å². The zero-order chi connectivity index (χ0) is 27.2. The molecule has 0 unspecified atom stereocenters. The minimum absolute atomic E-state index is 0.0942. The van der Waals surface area contributed by atoms with E-state index in [0.717, 1.165) is 18.2 Å². The van der Waals surface area contributed by atoms with Crippen LogP contribution in [-0.4, -0.2) is 44.0 Å². The van der Waals surface area contributed by atoms with Crippen molar-refractivity contribution in [1.82, 2.24) is 4.90 Å². The van der Waals surface area contributed by atoms with Crippen molar-refractivity contribution < 1.29 is 27.8 Å². The van der Waals surface area contributed by atoms with Crippen molar-refractivity contribution in [3.63, 3.8) is 0 Å². The van der Waals surface area contributed by atoms with E-state index in [-0.39, 0.29) is 24.6 Å². The van der Waals surface area contributed by atoms with Gasteiger partial charge in [-0.2, -0.15) is 0 Å². The van der Waals surface area contributed by atoms with Gasteiger partial charge in [0, 0.05) is 36.0 Å². The highest BCUT2D eigenvalue weighted by molar-refractivity contribution is 6.04. The molecule has 196 valence electrons. The SMILES string of the molecule is COc1ccc(C(=O)Nc2cccc(CN(CC(C)(C)CN)C(=O)c3cc(F)cc(F)c3)c2)cc1OC. The molecule has 0 heterocycles. The van der Waals surface area contributed by atoms with Crippen LogP contribution in [0.15, 0.2) is 60.7 Å². The number of nitrogens with zero attached hydrogens (tertiary/aromatic N) is 1. The Balaban J connectivity index is 1.84. The molecule has 3 N–H and O–H groups in total. The molecule has 37 heavy (non-hydrogen) atoms. The largest absolute Gasteiger partial charge is 0.493 e. The van der Waals surface area contributed by atoms with E-state index in [0.29, 0.717) is 34.9 Å². The fourth-order valence-electron chi connectivity index (χ4n) is 3.79. The van der Waals surface area contributed by atoms with Crippen LogP contribution in [-0.2, 0) is 6.54 Å². The Bertz CT molecular complexity index is 1260. The summed E-state index contributed by atoms with van der Waals surface area (Å²) >= 11 is 0. The molecule has 0 spiro atoms. The molecule has 0 aliphatic rings. The fourth-order valence-corrected chi connectivity index (χ4v) is 3.79. The molecule has 0 saturated carbocycles. The number of carbonyl (C=O) groups is 2. The fraction of sp³-hybridized carbons (Fsp3) is 0.286. The standard InChI is InChI=1S/C28H31F2N3O4/c1-28(2,16-31)17-33(27(35)20-11-21(29)14-22(30)12-20)15-18-6-5-7-23(10-18)32-26(34)19-8-9-24(36-3)25(13-19)37-4/h5-14H,15-17,31H2,1-4H3,(H,32,34). The van der Waals surface area contributed by atoms with Crippen molar-refractivity contribution in [1.29, 1.82) is 0 Å². The quantitative estimate of drug-likeness (QED) is 0.405. The van der Waals surface area contributed by atoms with E-state index >= 15 is 0 Å². The minimum Gasteiger partial charge on any atom is -0.493 e. The number of ether oxygens (including phenoxy) is 2. The third kappa shape index (κ3) is 7.27. The molecule has 0 atom stereocenters. The van der Waals surface area contributed by atoms with Gasteiger partial charge in [-0.3, -0.25) is 9.59 Å². The first-order valence-electron chi connectivity index (χ1n) is 11.6. The Labute approximate surface area is 215 Å². The maximum atomic E-state index is 13.8. The lowest BCUT2D eigenvalue weighted by Gasteiger charge is -2.32. The maximum absolute atomic E-state index is 13.8. The van der Waals surface area contributed by atoms with E-state index in [1.807, 2.05) is 13.8 Å². The molecule has 0 fully saturated rings. The summed E-state index contributed by atoms with van der Waals surface area (Å²) in [6.07, 6.45) is 0. The van der Waals surface area contributed by atoms with Crippen LogP contribution in [0.2, 0.25) is 0 Å². The Morgan fingerprint density at radius 3 is 2.22 bits per heavy atom. The number of amides is 2. The second kappa shape index (κ2) is 11.8. The normalized spacial score (nSPS) is 11.1. The molecule has 3 rings (SSSR count). The third-order valence-corrected chi connectivity index (χ3v) is 5.77. The van der Waals surface area contributed by atoms with Crippen LogP contribution in [0.3, 0.4) is 0 Å². The highest BCUT2D eigenvalue weighted by atomic mass is 19.1. The van der Waals surface area contributed by atoms with Crippen molar-refractivity contribution in [2.45, 2.75) is 20.4 Å². The van der Waals surface area contributed by atoms with E-state index in [1.165, 1.54) is 19.1 Å². The smallest absolute Gasteiger partial charge is 0.255 e. The second-order valence-corrected chi connectivity index (χ2v) is 9.41. The highest BCUT2D eigenvalue weighted by Crippen LogP contribution is 2.28. The van der Waals surface area contributed by atoms with Gasteiger partial charge in [0.25, 0.3) is 11.8 Å². The van der Waals surface area contributed by atoms with Crippen molar-refractivity contribution in [3.05, 3.63) is 89.0 Å². The topological polar surface area (TPSA) is 93.9 Å². The molecular formula is C28H31F2N3O4. The second-order valence-electron chi connectivity index (χ2n) is 9.41. The van der Waals surface area contributed by atoms with Crippen molar-refractivity contribution in [3.8, 4) is 11.5 Å². The van der Waals surface area contributed by atoms with Crippen LogP contribution in [0, 0.1) is 17.0 Å². The summed E-state index contributed by atoms with van der Waals surface area (Å²) in [6.45, 7) is 4.50. The van der Waals surface area contributed by atoms with Gasteiger partial charge in [0.15, 0.2) is 11.5 Å². The molecule has 0 saturated heterocycles. The van der Waals surface area contributed by atoms with E-state index in [9.17, 15) is 18.4 Å². The zero-order valence-corrected chi connectivity index (χ0v) is 21.3. The molecule has 0 aliphatic heterocycles. The molecule has 0 aliphatic carbocycles. The predicted molar refractivity (Wildman–Crippen MR) is 138 cm³/mol. The van der Waals surface area contributed by atoms with Gasteiger partial charge in [-0.15, -0.1) is 0 Å². The summed E-state index contributed by atoms with van der Waals surface area (Å²) < 4.78 is 38.1. The van der Waals surface area contributed by atoms with Gasteiger partial charge in [-0.1, -0.05) is 26.0 Å². The predicted octanol–water partition coefficient (Wildman–Crippen LogP) is 4.86. The van der Waals surface area contributed by atoms with Gasteiger partial charge in [0.1, 0.15) is 11.6 Å². The first-order chi connectivity index (χ1) is 17.5. The van der Waals surface area contributed by atoms with Crippen LogP contribution in [0.25, 0.3) is 0 Å². The number of methoxy groups -OCH3 is 2. The number of hydrogen-bond acceptors (Lipinski definition) is 5. The van der Waals surface area contributed by atoms with Crippen molar-refractivity contribution in [2.75, 3.05) is 32.6 Å². The molecule has 2 amide bonds. The summed E-state index contributed by atoms with van der Waals surface area (Å²) in [7, 11) is 3.00. The summed E-state index contributed by atoms with van der Waals surface area (Å²) in [5.74, 6) is -1.62. The van der Waals surface area contributed by atoms with Crippen LogP contribution < -0.4 is 20.5 Å². The Morgan fingerprint density at radius 1 is 0.919 bits per heavy atom. The Morgan fingerprint density at radius 2 is 1.59 bits per heavy atom. The summed E-state index contributed by atoms with van der Waals surface area (Å²) in [5.41, 5.74) is 6.95. The van der Waals surface area contributed by atoms with Crippen LogP contribution >= 0.6 is 0 Å². The van der Waals surface area contributed by atoms with Gasteiger partial charge in [0.2, 0.25) is 0 Å². The lowest BCUT2D eigenvalue weighted by Crippen LogP contribution is -2.41. The summed E-state index contributed by atoms with van der Waals surface area (Å²) in [5, 5.41) is 2.84. The van der Waals surface area contributed by atoms with Crippen molar-refractivity contribution in [2.24, 2.45) is 11.1 Å². The molecule has 3 aromatic carbocycles. The van der Waals surface area contributed by atoms with Gasteiger partial charge >= 0.3 is 0 Å². The van der Waals surface area contributed by atoms with E-state index in [2.05, 4.69) is 5.32 Å². The van der Waals surface area contributed by atoms with Crippen LogP contribution in [0.1, 0.15) is 40.1 Å². The molecule has 0 radical (unpaired) electrons. The van der Waals surface area contributed by atoms with Crippen LogP contribution in [0.5, 0.6) is 11.5 Å². The van der Waals surface area contributed by atoms with E-state index < -0.39 is 23.0 Å². The Kier molecular flexibility index (Phi) is 8.83. The number of benzene rings is 3. The lowest BCUT2D eigenvalue weighted by molar-refractivity contribution is 0.0672. The lowest BCUT2D eigenvalue weighted by atomic mass is 9.92. The first kappa shape index (κ1) is 27.6. The van der Waals surface area contributed by atoms with Gasteiger partial charge in [0.05, 0.1) is 14.2 Å². The number of halogens is 2. The summed E-state index contributed by atoms with van der Waals surface area (Å²) in [4.78, 5) is 27.6. The Hall–Kier alpha value is -3.98. The number of hydrogen-bond donors (Lipinski definition) is 2. The molecule has 3 aromatic rings. The monoisotopic (exact) mass is 511 g/mol. The highest BCUT2D eigenvalue weighted by Gasteiger charge is 2.26. The molecule has 7 nitrogen and oxygen atoms in total. The minimum atomic E-state index is -0.832. The average molecular weight is 512 g/mol. The molecular weight excluding hydrogens is 480 g/mol. The van der Waals surface area contributed by atoms with E-state index in [4.69, 9.17) is 15.2 Å². The first-order valence-corrected chi connectivity index (χ1v) is 11.6. The zero-order valence-electron chi connectivity index (χ0n) is 21.3. The average Bonchev–Trinajstić information content (AvgIpc) is 2.87. The third-order valence-electron chi connectivity index (χ3n) is 5.77. The van der Waals surface area contributed by atoms with Crippen LogP contribution in [0.4, 0.5) is 14.5 Å². The number of rotatable bonds is 10. The summed E-state index contributed by atoms with van der Waals surface area (Å²) in [6, 6.07) is 14.6. The van der Waals surface area contributed by atoms with Crippen molar-refractivity contribution >= 4 is 17.5 Å². The number of nitrogens with one attached hydrogen (secondary N) is 1. The molecule has 9 heteroatoms. The number of carbonyl (C=O) groups excluding carboxylic acids is 2. The van der Waals surface area contributed by atoms with Gasteiger partial charge in [-0.25, -0.2) is 8.78 Å². The number of nitrogens with two attached hydrogens (primary N) is 1. The van der Waals surface area contributed by atoms with E-state index in [1.54, 1.807) is 42.5 Å². The van der Waals surface area contributed by atoms with Gasteiger partial charge < -0.3 is 25.4 Å². The number of anilines is 1. The maximum Gasteiger partial charge on any atom is 0.255 e. The molecule has 0 aromatic heterocycles.